The first-order chi connectivity index (χ1) is 16.1. The Morgan fingerprint density at radius 3 is 2.23 bits per heavy atom. The van der Waals surface area contributed by atoms with Crippen LogP contribution in [0.25, 0.3) is 11.0 Å². The van der Waals surface area contributed by atoms with Crippen molar-refractivity contribution in [3.8, 4) is 0 Å². The fraction of sp³-hybridized carbons (Fsp3) is 0.429. The van der Waals surface area contributed by atoms with Gasteiger partial charge in [-0.2, -0.15) is 31.4 Å². The van der Waals surface area contributed by atoms with Crippen molar-refractivity contribution in [2.45, 2.75) is 56.3 Å². The summed E-state index contributed by atoms with van der Waals surface area (Å²) in [6, 6.07) is 0.157. The number of nitrogens with one attached hydrogen (secondary N) is 1. The van der Waals surface area contributed by atoms with Gasteiger partial charge in [-0.15, -0.1) is 0 Å². The van der Waals surface area contributed by atoms with E-state index < -0.39 is 52.2 Å². The van der Waals surface area contributed by atoms with Crippen molar-refractivity contribution in [1.82, 2.24) is 19.3 Å². The van der Waals surface area contributed by atoms with Gasteiger partial charge >= 0.3 is 12.4 Å². The predicted molar refractivity (Wildman–Crippen MR) is 116 cm³/mol. The lowest BCUT2D eigenvalue weighted by atomic mass is 10.1. The maximum atomic E-state index is 13.1. The summed E-state index contributed by atoms with van der Waals surface area (Å²) >= 11 is 1.22. The van der Waals surface area contributed by atoms with Crippen molar-refractivity contribution in [3.63, 3.8) is 0 Å². The molecule has 0 saturated heterocycles. The number of nitrogens with zero attached hydrogens (tertiary/aromatic N) is 4. The van der Waals surface area contributed by atoms with Crippen LogP contribution in [-0.2, 0) is 22.7 Å². The molecule has 0 fully saturated rings. The van der Waals surface area contributed by atoms with Crippen LogP contribution < -0.4 is 10.9 Å². The number of hydrogen-bond acceptors (Lipinski definition) is 5. The van der Waals surface area contributed by atoms with E-state index in [9.17, 15) is 35.9 Å². The van der Waals surface area contributed by atoms with Crippen LogP contribution in [0.4, 0.5) is 32.0 Å². The van der Waals surface area contributed by atoms with Crippen LogP contribution in [0.5, 0.6) is 0 Å². The molecule has 7 nitrogen and oxygen atoms in total. The molecule has 1 atom stereocenters. The number of aromatic nitrogens is 4. The number of carbonyl (C=O) groups excluding carboxylic acids is 1. The minimum Gasteiger partial charge on any atom is -0.326 e. The molecule has 0 saturated carbocycles. The molecule has 4 rings (SSSR count). The SMILES string of the molecule is CC(C)(C)n1ncc2c(=O)n3c(nc21)SCC3CC(=O)Nc1cc(C(F)(F)F)cc(C(F)(F)F)c1. The second kappa shape index (κ2) is 8.28. The van der Waals surface area contributed by atoms with Gasteiger partial charge in [-0.3, -0.25) is 14.2 Å². The average Bonchev–Trinajstić information content (AvgIpc) is 3.31. The summed E-state index contributed by atoms with van der Waals surface area (Å²) in [6.07, 6.45) is -9.05. The molecule has 1 aromatic carbocycles. The lowest BCUT2D eigenvalue weighted by Gasteiger charge is -2.20. The Bertz CT molecular complexity index is 1340. The maximum Gasteiger partial charge on any atom is 0.416 e. The van der Waals surface area contributed by atoms with E-state index in [0.29, 0.717) is 22.9 Å². The first kappa shape index (κ1) is 25.1. The minimum absolute atomic E-state index is 0.0201. The number of carbonyl (C=O) groups is 1. The summed E-state index contributed by atoms with van der Waals surface area (Å²) in [6.45, 7) is 5.68. The molecule has 35 heavy (non-hydrogen) atoms. The van der Waals surface area contributed by atoms with Crippen LogP contribution in [0.3, 0.4) is 0 Å². The average molecular weight is 519 g/mol. The third-order valence-electron chi connectivity index (χ3n) is 5.30. The smallest absolute Gasteiger partial charge is 0.326 e. The number of thioether (sulfide) groups is 1. The Hall–Kier alpha value is -3.03. The zero-order valence-electron chi connectivity index (χ0n) is 18.6. The number of benzene rings is 1. The van der Waals surface area contributed by atoms with Gasteiger partial charge in [0.05, 0.1) is 28.9 Å². The summed E-state index contributed by atoms with van der Waals surface area (Å²) in [5, 5.41) is 6.93. The minimum atomic E-state index is -5.04. The van der Waals surface area contributed by atoms with Crippen LogP contribution in [0.2, 0.25) is 0 Å². The second-order valence-corrected chi connectivity index (χ2v) is 10.0. The molecule has 0 radical (unpaired) electrons. The number of fused-ring (bicyclic) bond motifs is 2. The van der Waals surface area contributed by atoms with Gasteiger partial charge in [0, 0.05) is 17.9 Å². The van der Waals surface area contributed by atoms with Crippen LogP contribution in [0.15, 0.2) is 34.3 Å². The molecule has 188 valence electrons. The molecule has 1 aliphatic rings. The predicted octanol–water partition coefficient (Wildman–Crippen LogP) is 5.06. The lowest BCUT2D eigenvalue weighted by Crippen LogP contribution is -2.29. The number of hydrogen-bond donors (Lipinski definition) is 1. The van der Waals surface area contributed by atoms with Gasteiger partial charge in [-0.1, -0.05) is 11.8 Å². The van der Waals surface area contributed by atoms with Crippen molar-refractivity contribution in [2.24, 2.45) is 0 Å². The van der Waals surface area contributed by atoms with Crippen molar-refractivity contribution >= 4 is 34.4 Å². The van der Waals surface area contributed by atoms with Gasteiger partial charge in [0.25, 0.3) is 5.56 Å². The highest BCUT2D eigenvalue weighted by Crippen LogP contribution is 2.38. The summed E-state index contributed by atoms with van der Waals surface area (Å²) < 4.78 is 81.4. The van der Waals surface area contributed by atoms with E-state index in [1.165, 1.54) is 22.5 Å². The maximum absolute atomic E-state index is 13.1. The molecular formula is C21H19F6N5O2S. The Morgan fingerprint density at radius 2 is 1.69 bits per heavy atom. The molecule has 0 aliphatic carbocycles. The first-order valence-corrected chi connectivity index (χ1v) is 11.3. The molecular weight excluding hydrogens is 500 g/mol. The van der Waals surface area contributed by atoms with Crippen molar-refractivity contribution < 1.29 is 31.1 Å². The van der Waals surface area contributed by atoms with Crippen molar-refractivity contribution in [3.05, 3.63) is 45.9 Å². The van der Waals surface area contributed by atoms with Gasteiger partial charge in [0.15, 0.2) is 10.8 Å². The van der Waals surface area contributed by atoms with Crippen LogP contribution in [-0.4, -0.2) is 31.0 Å². The molecule has 0 bridgehead atoms. The van der Waals surface area contributed by atoms with Crippen LogP contribution in [0, 0.1) is 0 Å². The molecule has 1 amide bonds. The standard InChI is InChI=1S/C21H19F6N5O2S/c1-19(2,3)32-16-14(8-28-32)17(34)31-13(9-35-18(31)30-16)7-15(33)29-12-5-10(20(22,23)24)4-11(6-12)21(25,26)27/h4-6,8,13H,7,9H2,1-3H3,(H,29,33). The molecule has 0 spiro atoms. The number of amides is 1. The molecule has 1 aliphatic heterocycles. The fourth-order valence-electron chi connectivity index (χ4n) is 3.72. The van der Waals surface area contributed by atoms with Crippen LogP contribution in [0.1, 0.15) is 44.4 Å². The first-order valence-electron chi connectivity index (χ1n) is 10.3. The zero-order valence-corrected chi connectivity index (χ0v) is 19.4. The Labute approximate surface area is 198 Å². The third-order valence-corrected chi connectivity index (χ3v) is 6.40. The van der Waals surface area contributed by atoms with E-state index in [0.717, 1.165) is 0 Å². The molecule has 3 aromatic rings. The van der Waals surface area contributed by atoms with E-state index in [-0.39, 0.29) is 23.6 Å². The zero-order chi connectivity index (χ0) is 25.9. The highest BCUT2D eigenvalue weighted by molar-refractivity contribution is 7.99. The van der Waals surface area contributed by atoms with Gasteiger partial charge < -0.3 is 5.32 Å². The fourth-order valence-corrected chi connectivity index (χ4v) is 4.86. The summed E-state index contributed by atoms with van der Waals surface area (Å²) in [4.78, 5) is 30.2. The largest absolute Gasteiger partial charge is 0.416 e. The van der Waals surface area contributed by atoms with Gasteiger partial charge in [-0.05, 0) is 39.0 Å². The molecule has 2 aromatic heterocycles. The Kier molecular flexibility index (Phi) is 5.93. The third kappa shape index (κ3) is 4.88. The van der Waals surface area contributed by atoms with E-state index in [4.69, 9.17) is 0 Å². The van der Waals surface area contributed by atoms with E-state index >= 15 is 0 Å². The Morgan fingerprint density at radius 1 is 1.09 bits per heavy atom. The quantitative estimate of drug-likeness (QED) is 0.387. The monoisotopic (exact) mass is 519 g/mol. The lowest BCUT2D eigenvalue weighted by molar-refractivity contribution is -0.143. The second-order valence-electron chi connectivity index (χ2n) is 9.05. The highest BCUT2D eigenvalue weighted by atomic mass is 32.2. The molecule has 14 heteroatoms. The van der Waals surface area contributed by atoms with E-state index in [1.54, 1.807) is 4.68 Å². The molecule has 3 heterocycles. The highest BCUT2D eigenvalue weighted by Gasteiger charge is 2.37. The number of anilines is 1. The Balaban J connectivity index is 1.61. The van der Waals surface area contributed by atoms with Crippen molar-refractivity contribution in [2.75, 3.05) is 11.1 Å². The summed E-state index contributed by atoms with van der Waals surface area (Å²) in [7, 11) is 0. The summed E-state index contributed by atoms with van der Waals surface area (Å²) in [5.74, 6) is -0.560. The summed E-state index contributed by atoms with van der Waals surface area (Å²) in [5.41, 5.74) is -4.21. The van der Waals surface area contributed by atoms with Gasteiger partial charge in [0.1, 0.15) is 5.39 Å². The van der Waals surface area contributed by atoms with E-state index in [2.05, 4.69) is 15.4 Å². The number of rotatable bonds is 3. The van der Waals surface area contributed by atoms with Crippen LogP contribution >= 0.6 is 11.8 Å². The van der Waals surface area contributed by atoms with Gasteiger partial charge in [0.2, 0.25) is 5.91 Å². The topological polar surface area (TPSA) is 81.8 Å². The van der Waals surface area contributed by atoms with Gasteiger partial charge in [-0.25, -0.2) is 9.67 Å². The number of halogens is 6. The normalized spacial score (nSPS) is 16.5. The molecule has 1 N–H and O–H groups in total. The van der Waals surface area contributed by atoms with E-state index in [1.807, 2.05) is 20.8 Å². The van der Waals surface area contributed by atoms with Crippen molar-refractivity contribution in [1.29, 1.82) is 0 Å². The molecule has 1 unspecified atom stereocenters. The number of alkyl halides is 6.